The van der Waals surface area contributed by atoms with Crippen molar-refractivity contribution in [3.63, 3.8) is 0 Å². The number of rotatable bonds is 4. The van der Waals surface area contributed by atoms with E-state index < -0.39 is 0 Å². The number of benzene rings is 1. The Morgan fingerprint density at radius 3 is 2.73 bits per heavy atom. The fourth-order valence-electron chi connectivity index (χ4n) is 2.42. The van der Waals surface area contributed by atoms with E-state index in [1.807, 2.05) is 35.2 Å². The summed E-state index contributed by atoms with van der Waals surface area (Å²) in [5, 5.41) is 3.91. The number of carbonyl (C=O) groups excluding carboxylic acids is 1. The SMILES string of the molecule is CN(Cc1ccccc1)C(=O)c1cc(N2CCOCC2)on1. The zero-order valence-corrected chi connectivity index (χ0v) is 12.6. The number of hydrogen-bond acceptors (Lipinski definition) is 5. The lowest BCUT2D eigenvalue weighted by Gasteiger charge is -2.25. The van der Waals surface area contributed by atoms with Crippen molar-refractivity contribution in [1.82, 2.24) is 10.1 Å². The van der Waals surface area contributed by atoms with E-state index in [4.69, 9.17) is 9.26 Å². The van der Waals surface area contributed by atoms with Crippen LogP contribution < -0.4 is 4.90 Å². The molecule has 6 heteroatoms. The Morgan fingerprint density at radius 2 is 2.00 bits per heavy atom. The first-order chi connectivity index (χ1) is 10.7. The molecule has 1 fully saturated rings. The summed E-state index contributed by atoms with van der Waals surface area (Å²) in [4.78, 5) is 16.1. The van der Waals surface area contributed by atoms with Crippen LogP contribution in [0.25, 0.3) is 0 Å². The van der Waals surface area contributed by atoms with E-state index >= 15 is 0 Å². The fraction of sp³-hybridized carbons (Fsp3) is 0.375. The highest BCUT2D eigenvalue weighted by atomic mass is 16.5. The molecule has 0 radical (unpaired) electrons. The Balaban J connectivity index is 1.65. The maximum Gasteiger partial charge on any atom is 0.276 e. The first-order valence-electron chi connectivity index (χ1n) is 7.33. The highest BCUT2D eigenvalue weighted by molar-refractivity contribution is 5.92. The van der Waals surface area contributed by atoms with Gasteiger partial charge in [0, 0.05) is 32.7 Å². The lowest BCUT2D eigenvalue weighted by Crippen LogP contribution is -2.35. The first kappa shape index (κ1) is 14.6. The van der Waals surface area contributed by atoms with Crippen LogP contribution in [-0.4, -0.2) is 49.3 Å². The van der Waals surface area contributed by atoms with Gasteiger partial charge in [-0.3, -0.25) is 4.79 Å². The largest absolute Gasteiger partial charge is 0.378 e. The summed E-state index contributed by atoms with van der Waals surface area (Å²) in [6, 6.07) is 11.6. The van der Waals surface area contributed by atoms with Crippen LogP contribution in [-0.2, 0) is 11.3 Å². The molecule has 1 aromatic heterocycles. The topological polar surface area (TPSA) is 58.8 Å². The van der Waals surface area contributed by atoms with Crippen LogP contribution in [0.1, 0.15) is 16.1 Å². The predicted molar refractivity (Wildman–Crippen MR) is 81.8 cm³/mol. The lowest BCUT2D eigenvalue weighted by molar-refractivity contribution is 0.0774. The van der Waals surface area contributed by atoms with Gasteiger partial charge in [-0.1, -0.05) is 35.5 Å². The van der Waals surface area contributed by atoms with Gasteiger partial charge in [0.15, 0.2) is 5.69 Å². The molecule has 0 spiro atoms. The molecular weight excluding hydrogens is 282 g/mol. The van der Waals surface area contributed by atoms with Crippen molar-refractivity contribution in [3.8, 4) is 0 Å². The number of anilines is 1. The molecule has 22 heavy (non-hydrogen) atoms. The van der Waals surface area contributed by atoms with Crippen molar-refractivity contribution in [2.75, 3.05) is 38.3 Å². The smallest absolute Gasteiger partial charge is 0.276 e. The van der Waals surface area contributed by atoms with Gasteiger partial charge in [0.2, 0.25) is 5.88 Å². The number of morpholine rings is 1. The quantitative estimate of drug-likeness (QED) is 0.861. The van der Waals surface area contributed by atoms with Crippen molar-refractivity contribution < 1.29 is 14.1 Å². The van der Waals surface area contributed by atoms with Crippen molar-refractivity contribution in [3.05, 3.63) is 47.7 Å². The third kappa shape index (κ3) is 3.28. The van der Waals surface area contributed by atoms with Gasteiger partial charge in [0.05, 0.1) is 13.2 Å². The van der Waals surface area contributed by atoms with E-state index in [-0.39, 0.29) is 5.91 Å². The minimum Gasteiger partial charge on any atom is -0.378 e. The van der Waals surface area contributed by atoms with Gasteiger partial charge in [-0.25, -0.2) is 0 Å². The standard InChI is InChI=1S/C16H19N3O3/c1-18(12-13-5-3-2-4-6-13)16(20)14-11-15(22-17-14)19-7-9-21-10-8-19/h2-6,11H,7-10,12H2,1H3. The van der Waals surface area contributed by atoms with Crippen LogP contribution in [0.4, 0.5) is 5.88 Å². The van der Waals surface area contributed by atoms with Crippen LogP contribution in [0.3, 0.4) is 0 Å². The number of aromatic nitrogens is 1. The third-order valence-corrected chi connectivity index (χ3v) is 3.65. The number of ether oxygens (including phenoxy) is 1. The van der Waals surface area contributed by atoms with E-state index in [1.165, 1.54) is 0 Å². The summed E-state index contributed by atoms with van der Waals surface area (Å²) in [6.45, 7) is 3.38. The van der Waals surface area contributed by atoms with Gasteiger partial charge in [-0.2, -0.15) is 0 Å². The molecule has 3 rings (SSSR count). The molecule has 1 saturated heterocycles. The van der Waals surface area contributed by atoms with Crippen molar-refractivity contribution in [1.29, 1.82) is 0 Å². The average molecular weight is 301 g/mol. The Kier molecular flexibility index (Phi) is 4.39. The molecule has 6 nitrogen and oxygen atoms in total. The molecule has 0 unspecified atom stereocenters. The van der Waals surface area contributed by atoms with Gasteiger partial charge in [-0.15, -0.1) is 0 Å². The molecule has 0 aliphatic carbocycles. The maximum absolute atomic E-state index is 12.4. The molecule has 1 aliphatic rings. The number of carbonyl (C=O) groups is 1. The van der Waals surface area contributed by atoms with Crippen molar-refractivity contribution >= 4 is 11.8 Å². The second-order valence-corrected chi connectivity index (χ2v) is 5.30. The molecule has 116 valence electrons. The van der Waals surface area contributed by atoms with E-state index in [1.54, 1.807) is 18.0 Å². The fourth-order valence-corrected chi connectivity index (χ4v) is 2.42. The Morgan fingerprint density at radius 1 is 1.27 bits per heavy atom. The summed E-state index contributed by atoms with van der Waals surface area (Å²) in [6.07, 6.45) is 0. The van der Waals surface area contributed by atoms with Gasteiger partial charge in [-0.05, 0) is 5.56 Å². The minimum absolute atomic E-state index is 0.146. The summed E-state index contributed by atoms with van der Waals surface area (Å²) < 4.78 is 10.6. The van der Waals surface area contributed by atoms with E-state index in [2.05, 4.69) is 5.16 Å². The van der Waals surface area contributed by atoms with Crippen molar-refractivity contribution in [2.24, 2.45) is 0 Å². The molecule has 2 aromatic rings. The summed E-state index contributed by atoms with van der Waals surface area (Å²) in [5.41, 5.74) is 1.41. The van der Waals surface area contributed by atoms with Gasteiger partial charge in [0.1, 0.15) is 0 Å². The Bertz CT molecular complexity index is 621. The van der Waals surface area contributed by atoms with Crippen molar-refractivity contribution in [2.45, 2.75) is 6.54 Å². The number of amides is 1. The van der Waals surface area contributed by atoms with Crippen LogP contribution in [0.2, 0.25) is 0 Å². The Labute approximate surface area is 129 Å². The summed E-state index contributed by atoms with van der Waals surface area (Å²) in [5.74, 6) is 0.479. The zero-order chi connectivity index (χ0) is 15.4. The molecule has 1 aromatic carbocycles. The normalized spacial score (nSPS) is 14.9. The van der Waals surface area contributed by atoms with E-state index in [0.29, 0.717) is 31.3 Å². The highest BCUT2D eigenvalue weighted by Gasteiger charge is 2.21. The van der Waals surface area contributed by atoms with E-state index in [9.17, 15) is 4.79 Å². The second-order valence-electron chi connectivity index (χ2n) is 5.30. The predicted octanol–water partition coefficient (Wildman–Crippen LogP) is 1.78. The Hall–Kier alpha value is -2.34. The molecule has 2 heterocycles. The van der Waals surface area contributed by atoms with Crippen LogP contribution in [0.15, 0.2) is 40.9 Å². The molecule has 0 N–H and O–H groups in total. The van der Waals surface area contributed by atoms with Gasteiger partial charge < -0.3 is 19.1 Å². The van der Waals surface area contributed by atoms with Crippen LogP contribution in [0.5, 0.6) is 0 Å². The second kappa shape index (κ2) is 6.62. The highest BCUT2D eigenvalue weighted by Crippen LogP contribution is 2.18. The molecule has 0 saturated carbocycles. The van der Waals surface area contributed by atoms with Gasteiger partial charge >= 0.3 is 0 Å². The third-order valence-electron chi connectivity index (χ3n) is 3.65. The molecule has 1 aliphatic heterocycles. The monoisotopic (exact) mass is 301 g/mol. The maximum atomic E-state index is 12.4. The minimum atomic E-state index is -0.146. The van der Waals surface area contributed by atoms with Gasteiger partial charge in [0.25, 0.3) is 5.91 Å². The molecule has 0 atom stereocenters. The van der Waals surface area contributed by atoms with Crippen LogP contribution in [0, 0.1) is 0 Å². The lowest BCUT2D eigenvalue weighted by atomic mass is 10.2. The number of nitrogens with zero attached hydrogens (tertiary/aromatic N) is 3. The van der Waals surface area contributed by atoms with E-state index in [0.717, 1.165) is 18.7 Å². The molecule has 1 amide bonds. The first-order valence-corrected chi connectivity index (χ1v) is 7.33. The summed E-state index contributed by atoms with van der Waals surface area (Å²) in [7, 11) is 1.76. The average Bonchev–Trinajstić information content (AvgIpc) is 3.06. The molecule has 0 bridgehead atoms. The number of hydrogen-bond donors (Lipinski definition) is 0. The molecular formula is C16H19N3O3. The summed E-state index contributed by atoms with van der Waals surface area (Å²) >= 11 is 0. The zero-order valence-electron chi connectivity index (χ0n) is 12.6. The van der Waals surface area contributed by atoms with Crippen LogP contribution >= 0.6 is 0 Å².